The summed E-state index contributed by atoms with van der Waals surface area (Å²) in [4.78, 5) is 25.9. The van der Waals surface area contributed by atoms with Crippen molar-refractivity contribution in [3.8, 4) is 0 Å². The van der Waals surface area contributed by atoms with Crippen molar-refractivity contribution >= 4 is 21.9 Å². The number of carbonyl (C=O) groups excluding carboxylic acids is 1. The van der Waals surface area contributed by atoms with Crippen LogP contribution in [0, 0.1) is 19.7 Å². The number of halogens is 1. The molecule has 1 aromatic heterocycles. The molecule has 2 aliphatic heterocycles. The van der Waals surface area contributed by atoms with Crippen LogP contribution in [0.15, 0.2) is 29.2 Å². The lowest BCUT2D eigenvalue weighted by Crippen LogP contribution is -2.47. The fourth-order valence-electron chi connectivity index (χ4n) is 4.09. The van der Waals surface area contributed by atoms with E-state index in [-0.39, 0.29) is 17.0 Å². The molecule has 10 heteroatoms. The third kappa shape index (κ3) is 4.40. The molecule has 1 aromatic carbocycles. The molecule has 0 N–H and O–H groups in total. The molecule has 0 aliphatic carbocycles. The first-order valence-electron chi connectivity index (χ1n) is 10.4. The number of hydrogen-bond acceptors (Lipinski definition) is 7. The molecule has 31 heavy (non-hydrogen) atoms. The van der Waals surface area contributed by atoms with Crippen LogP contribution in [0.5, 0.6) is 0 Å². The molecule has 0 unspecified atom stereocenters. The molecule has 166 valence electrons. The SMILES string of the molecule is Cc1cc(C)nc(N2CCN(CCCCN3C(=O)c4cc(F)ccc4S3(=O)=O)CC2)n1. The summed E-state index contributed by atoms with van der Waals surface area (Å²) in [7, 11) is -3.88. The molecule has 1 amide bonds. The molecular formula is C21H26FN5O3S. The minimum absolute atomic E-state index is 0.0790. The Labute approximate surface area is 181 Å². The van der Waals surface area contributed by atoms with Gasteiger partial charge in [0.1, 0.15) is 10.7 Å². The molecule has 1 saturated heterocycles. The summed E-state index contributed by atoms with van der Waals surface area (Å²) >= 11 is 0. The number of nitrogens with zero attached hydrogens (tertiary/aromatic N) is 5. The van der Waals surface area contributed by atoms with Crippen molar-refractivity contribution in [1.82, 2.24) is 19.2 Å². The van der Waals surface area contributed by atoms with Crippen LogP contribution in [0.4, 0.5) is 10.3 Å². The Kier molecular flexibility index (Phi) is 5.94. The number of anilines is 1. The number of hydrogen-bond donors (Lipinski definition) is 0. The lowest BCUT2D eigenvalue weighted by Gasteiger charge is -2.35. The number of aryl methyl sites for hydroxylation is 2. The number of benzene rings is 1. The molecule has 0 saturated carbocycles. The highest BCUT2D eigenvalue weighted by Gasteiger charge is 2.40. The molecule has 0 spiro atoms. The molecule has 0 radical (unpaired) electrons. The molecule has 0 atom stereocenters. The van der Waals surface area contributed by atoms with Crippen LogP contribution in [0.2, 0.25) is 0 Å². The van der Waals surface area contributed by atoms with Gasteiger partial charge < -0.3 is 4.90 Å². The molecule has 0 bridgehead atoms. The van der Waals surface area contributed by atoms with E-state index in [1.807, 2.05) is 19.9 Å². The summed E-state index contributed by atoms with van der Waals surface area (Å²) in [6, 6.07) is 5.18. The second-order valence-corrected chi connectivity index (χ2v) is 9.84. The van der Waals surface area contributed by atoms with Crippen molar-refractivity contribution < 1.29 is 17.6 Å². The minimum atomic E-state index is -3.88. The van der Waals surface area contributed by atoms with E-state index >= 15 is 0 Å². The van der Waals surface area contributed by atoms with Gasteiger partial charge in [0.2, 0.25) is 5.95 Å². The van der Waals surface area contributed by atoms with Gasteiger partial charge in [-0.1, -0.05) is 0 Å². The Balaban J connectivity index is 1.25. The van der Waals surface area contributed by atoms with E-state index in [0.717, 1.165) is 79.0 Å². The monoisotopic (exact) mass is 447 g/mol. The second-order valence-electron chi connectivity index (χ2n) is 8.01. The Hall–Kier alpha value is -2.59. The topological polar surface area (TPSA) is 86.7 Å². The van der Waals surface area contributed by atoms with E-state index in [4.69, 9.17) is 0 Å². The number of sulfonamides is 1. The molecule has 2 aromatic rings. The lowest BCUT2D eigenvalue weighted by molar-refractivity contribution is 0.0868. The Morgan fingerprint density at radius 3 is 2.29 bits per heavy atom. The maximum Gasteiger partial charge on any atom is 0.269 e. The van der Waals surface area contributed by atoms with Gasteiger partial charge in [0, 0.05) is 44.1 Å². The predicted molar refractivity (Wildman–Crippen MR) is 114 cm³/mol. The first kappa shape index (κ1) is 21.6. The Morgan fingerprint density at radius 1 is 0.968 bits per heavy atom. The van der Waals surface area contributed by atoms with Crippen LogP contribution < -0.4 is 4.90 Å². The van der Waals surface area contributed by atoms with Crippen LogP contribution >= 0.6 is 0 Å². The Morgan fingerprint density at radius 2 is 1.61 bits per heavy atom. The van der Waals surface area contributed by atoms with Crippen LogP contribution in [0.25, 0.3) is 0 Å². The number of fused-ring (bicyclic) bond motifs is 1. The first-order chi connectivity index (χ1) is 14.8. The third-order valence-electron chi connectivity index (χ3n) is 5.68. The maximum atomic E-state index is 13.4. The number of aromatic nitrogens is 2. The van der Waals surface area contributed by atoms with Gasteiger partial charge in [0.25, 0.3) is 15.9 Å². The van der Waals surface area contributed by atoms with Crippen molar-refractivity contribution in [2.75, 3.05) is 44.2 Å². The smallest absolute Gasteiger partial charge is 0.269 e. The zero-order chi connectivity index (χ0) is 22.2. The number of amides is 1. The summed E-state index contributed by atoms with van der Waals surface area (Å²) in [5.74, 6) is -0.489. The van der Waals surface area contributed by atoms with Gasteiger partial charge in [0.15, 0.2) is 0 Å². The zero-order valence-corrected chi connectivity index (χ0v) is 18.5. The van der Waals surface area contributed by atoms with Crippen molar-refractivity contribution in [1.29, 1.82) is 0 Å². The quantitative estimate of drug-likeness (QED) is 0.626. The van der Waals surface area contributed by atoms with Crippen molar-refractivity contribution in [3.63, 3.8) is 0 Å². The Bertz CT molecular complexity index is 1080. The van der Waals surface area contributed by atoms with Crippen LogP contribution in [-0.2, 0) is 10.0 Å². The van der Waals surface area contributed by atoms with E-state index in [1.165, 1.54) is 0 Å². The predicted octanol–water partition coefficient (Wildman–Crippen LogP) is 1.98. The largest absolute Gasteiger partial charge is 0.338 e. The number of unbranched alkanes of at least 4 members (excludes halogenated alkanes) is 1. The van der Waals surface area contributed by atoms with Crippen molar-refractivity contribution in [2.45, 2.75) is 31.6 Å². The van der Waals surface area contributed by atoms with E-state index in [9.17, 15) is 17.6 Å². The molecule has 8 nitrogen and oxygen atoms in total. The van der Waals surface area contributed by atoms with E-state index in [2.05, 4.69) is 19.8 Å². The van der Waals surface area contributed by atoms with Crippen LogP contribution in [0.3, 0.4) is 0 Å². The van der Waals surface area contributed by atoms with Gasteiger partial charge >= 0.3 is 0 Å². The normalized spacial score (nSPS) is 18.5. The van der Waals surface area contributed by atoms with Gasteiger partial charge in [-0.15, -0.1) is 0 Å². The minimum Gasteiger partial charge on any atom is -0.338 e. The molecular weight excluding hydrogens is 421 g/mol. The molecule has 3 heterocycles. The van der Waals surface area contributed by atoms with Crippen molar-refractivity contribution in [3.05, 3.63) is 47.0 Å². The number of carbonyl (C=O) groups is 1. The third-order valence-corrected chi connectivity index (χ3v) is 7.52. The lowest BCUT2D eigenvalue weighted by atomic mass is 10.2. The second kappa shape index (κ2) is 8.51. The van der Waals surface area contributed by atoms with Crippen LogP contribution in [-0.4, -0.2) is 72.8 Å². The average Bonchev–Trinajstić information content (AvgIpc) is 2.90. The highest BCUT2D eigenvalue weighted by atomic mass is 32.2. The van der Waals surface area contributed by atoms with Gasteiger partial charge in [-0.2, -0.15) is 0 Å². The number of piperazine rings is 1. The summed E-state index contributed by atoms with van der Waals surface area (Å²) < 4.78 is 39.4. The number of rotatable bonds is 6. The zero-order valence-electron chi connectivity index (χ0n) is 17.7. The van der Waals surface area contributed by atoms with Gasteiger partial charge in [-0.25, -0.2) is 27.1 Å². The highest BCUT2D eigenvalue weighted by Crippen LogP contribution is 2.30. The maximum absolute atomic E-state index is 13.4. The summed E-state index contributed by atoms with van der Waals surface area (Å²) in [5, 5.41) is 0. The average molecular weight is 448 g/mol. The molecule has 2 aliphatic rings. The van der Waals surface area contributed by atoms with Crippen LogP contribution in [0.1, 0.15) is 34.6 Å². The standard InChI is InChI=1S/C21H26FN5O3S/c1-15-13-16(2)24-21(23-15)26-11-9-25(10-12-26)7-3-4-8-27-20(28)18-14-17(22)5-6-19(18)31(27,29)30/h5-6,13-14H,3-4,7-12H2,1-2H3. The van der Waals surface area contributed by atoms with E-state index in [0.29, 0.717) is 6.42 Å². The van der Waals surface area contributed by atoms with Crippen molar-refractivity contribution in [2.24, 2.45) is 0 Å². The molecule has 4 rings (SSSR count). The summed E-state index contributed by atoms with van der Waals surface area (Å²) in [5.41, 5.74) is 1.84. The van der Waals surface area contributed by atoms with Gasteiger partial charge in [-0.05, 0) is 57.5 Å². The molecule has 1 fully saturated rings. The fraction of sp³-hybridized carbons (Fsp3) is 0.476. The summed E-state index contributed by atoms with van der Waals surface area (Å²) in [6.45, 7) is 8.29. The first-order valence-corrected chi connectivity index (χ1v) is 11.9. The van der Waals surface area contributed by atoms with E-state index < -0.39 is 21.7 Å². The van der Waals surface area contributed by atoms with Gasteiger partial charge in [0.05, 0.1) is 5.56 Å². The fourth-order valence-corrected chi connectivity index (χ4v) is 5.68. The van der Waals surface area contributed by atoms with Gasteiger partial charge in [-0.3, -0.25) is 9.69 Å². The summed E-state index contributed by atoms with van der Waals surface area (Å²) in [6.07, 6.45) is 1.33. The highest BCUT2D eigenvalue weighted by molar-refractivity contribution is 7.90. The van der Waals surface area contributed by atoms with E-state index in [1.54, 1.807) is 0 Å².